The molecular formula is C20H14N4O3S. The molecule has 0 fully saturated rings. The third-order valence-corrected chi connectivity index (χ3v) is 6.10. The van der Waals surface area contributed by atoms with Crippen molar-refractivity contribution in [3.8, 4) is 11.3 Å². The number of carboxylic acids is 1. The Hall–Kier alpha value is -3.39. The number of anilines is 2. The summed E-state index contributed by atoms with van der Waals surface area (Å²) in [7, 11) is 0. The predicted molar refractivity (Wildman–Crippen MR) is 105 cm³/mol. The number of amides is 2. The first-order valence-electron chi connectivity index (χ1n) is 8.64. The molecule has 2 atom stereocenters. The van der Waals surface area contributed by atoms with E-state index in [-0.39, 0.29) is 6.03 Å². The van der Waals surface area contributed by atoms with Gasteiger partial charge in [0.2, 0.25) is 0 Å². The van der Waals surface area contributed by atoms with Crippen LogP contribution in [0.25, 0.3) is 11.3 Å². The van der Waals surface area contributed by atoms with Crippen molar-refractivity contribution < 1.29 is 14.7 Å². The Balaban J connectivity index is 1.62. The van der Waals surface area contributed by atoms with Crippen LogP contribution in [0.5, 0.6) is 0 Å². The number of pyridine rings is 2. The van der Waals surface area contributed by atoms with Crippen molar-refractivity contribution in [3.63, 3.8) is 0 Å². The van der Waals surface area contributed by atoms with Crippen molar-refractivity contribution in [1.82, 2.24) is 15.3 Å². The van der Waals surface area contributed by atoms with Crippen molar-refractivity contribution >= 4 is 35.1 Å². The molecule has 28 heavy (non-hydrogen) atoms. The molecule has 7 nitrogen and oxygen atoms in total. The van der Waals surface area contributed by atoms with Crippen LogP contribution in [0.15, 0.2) is 66.0 Å². The van der Waals surface area contributed by atoms with E-state index in [1.54, 1.807) is 29.4 Å². The molecule has 5 rings (SSSR count). The molecule has 0 saturated carbocycles. The number of nitrogens with zero attached hydrogens (tertiary/aromatic N) is 3. The van der Waals surface area contributed by atoms with E-state index in [2.05, 4.69) is 15.3 Å². The van der Waals surface area contributed by atoms with Gasteiger partial charge in [-0.2, -0.15) is 0 Å². The maximum atomic E-state index is 12.9. The Morgan fingerprint density at radius 1 is 1.11 bits per heavy atom. The van der Waals surface area contributed by atoms with Crippen molar-refractivity contribution in [2.75, 3.05) is 4.90 Å². The number of carbonyl (C=O) groups is 2. The van der Waals surface area contributed by atoms with Gasteiger partial charge in [-0.3, -0.25) is 14.7 Å². The predicted octanol–water partition coefficient (Wildman–Crippen LogP) is 3.60. The molecule has 2 unspecified atom stereocenters. The van der Waals surface area contributed by atoms with Crippen LogP contribution in [0.3, 0.4) is 0 Å². The molecule has 3 aromatic rings. The lowest BCUT2D eigenvalue weighted by Crippen LogP contribution is -2.47. The van der Waals surface area contributed by atoms with E-state index in [1.807, 2.05) is 36.4 Å². The Bertz CT molecular complexity index is 1110. The Morgan fingerprint density at radius 2 is 1.89 bits per heavy atom. The topological polar surface area (TPSA) is 95.4 Å². The minimum atomic E-state index is -0.969. The number of benzene rings is 1. The largest absolute Gasteiger partial charge is 0.480 e. The van der Waals surface area contributed by atoms with Crippen LogP contribution in [0.1, 0.15) is 11.6 Å². The minimum absolute atomic E-state index is 0.367. The number of aromatic nitrogens is 2. The molecule has 0 spiro atoms. The van der Waals surface area contributed by atoms with Crippen molar-refractivity contribution in [2.45, 2.75) is 16.3 Å². The molecule has 2 aliphatic heterocycles. The number of carboxylic acid groups (broad SMARTS) is 1. The third-order valence-electron chi connectivity index (χ3n) is 4.82. The summed E-state index contributed by atoms with van der Waals surface area (Å²) in [6.45, 7) is 0. The zero-order chi connectivity index (χ0) is 19.3. The summed E-state index contributed by atoms with van der Waals surface area (Å²) in [6, 6.07) is 14.1. The van der Waals surface area contributed by atoms with Gasteiger partial charge in [-0.25, -0.2) is 9.78 Å². The average Bonchev–Trinajstić information content (AvgIpc) is 3.09. The summed E-state index contributed by atoms with van der Waals surface area (Å²) in [4.78, 5) is 34.8. The molecule has 2 amide bonds. The zero-order valence-corrected chi connectivity index (χ0v) is 15.3. The smallest absolute Gasteiger partial charge is 0.327 e. The average molecular weight is 390 g/mol. The summed E-state index contributed by atoms with van der Waals surface area (Å²) in [5.41, 5.74) is 3.75. The zero-order valence-electron chi connectivity index (χ0n) is 14.4. The molecule has 0 aliphatic carbocycles. The first kappa shape index (κ1) is 16.8. The monoisotopic (exact) mass is 390 g/mol. The van der Waals surface area contributed by atoms with Gasteiger partial charge in [-0.15, -0.1) is 0 Å². The molecule has 2 aromatic heterocycles. The quantitative estimate of drug-likeness (QED) is 0.709. The molecule has 4 heterocycles. The van der Waals surface area contributed by atoms with E-state index in [9.17, 15) is 14.7 Å². The number of urea groups is 1. The highest BCUT2D eigenvalue weighted by Gasteiger charge is 2.46. The van der Waals surface area contributed by atoms with Gasteiger partial charge in [0.25, 0.3) is 0 Å². The van der Waals surface area contributed by atoms with Gasteiger partial charge in [0, 0.05) is 23.5 Å². The summed E-state index contributed by atoms with van der Waals surface area (Å²) in [6.07, 6.45) is 3.26. The highest BCUT2D eigenvalue weighted by atomic mass is 32.2. The normalized spacial score (nSPS) is 19.9. The van der Waals surface area contributed by atoms with Gasteiger partial charge in [-0.05, 0) is 18.2 Å². The maximum absolute atomic E-state index is 12.9. The second-order valence-electron chi connectivity index (χ2n) is 6.45. The van der Waals surface area contributed by atoms with E-state index in [1.165, 1.54) is 11.8 Å². The van der Waals surface area contributed by atoms with Crippen LogP contribution in [0, 0.1) is 0 Å². The first-order valence-corrected chi connectivity index (χ1v) is 9.52. The van der Waals surface area contributed by atoms with Gasteiger partial charge in [0.05, 0.1) is 23.1 Å². The SMILES string of the molecule is O=C(O)C1Sc2nccc3c2C1NC(=O)N3c1ccnc(-c2ccccc2)c1. The minimum Gasteiger partial charge on any atom is -0.480 e. The molecule has 2 N–H and O–H groups in total. The third kappa shape index (κ3) is 2.53. The number of rotatable bonds is 3. The van der Waals surface area contributed by atoms with Crippen LogP contribution in [-0.4, -0.2) is 32.3 Å². The molecule has 0 saturated heterocycles. The highest BCUT2D eigenvalue weighted by Crippen LogP contribution is 2.50. The second-order valence-corrected chi connectivity index (χ2v) is 7.58. The van der Waals surface area contributed by atoms with E-state index >= 15 is 0 Å². The number of carbonyl (C=O) groups excluding carboxylic acids is 1. The molecule has 1 aromatic carbocycles. The van der Waals surface area contributed by atoms with Gasteiger partial charge < -0.3 is 10.4 Å². The number of hydrogen-bond acceptors (Lipinski definition) is 5. The van der Waals surface area contributed by atoms with Gasteiger partial charge in [0.15, 0.2) is 0 Å². The molecular weight excluding hydrogens is 376 g/mol. The second kappa shape index (κ2) is 6.35. The number of nitrogens with one attached hydrogen (secondary N) is 1. The van der Waals surface area contributed by atoms with Crippen molar-refractivity contribution in [3.05, 3.63) is 66.5 Å². The highest BCUT2D eigenvalue weighted by molar-refractivity contribution is 8.00. The summed E-state index contributed by atoms with van der Waals surface area (Å²) < 4.78 is 0. The lowest BCUT2D eigenvalue weighted by molar-refractivity contribution is -0.136. The van der Waals surface area contributed by atoms with Gasteiger partial charge in [0.1, 0.15) is 10.3 Å². The van der Waals surface area contributed by atoms with E-state index in [4.69, 9.17) is 0 Å². The maximum Gasteiger partial charge on any atom is 0.327 e. The molecule has 0 radical (unpaired) electrons. The lowest BCUT2D eigenvalue weighted by atomic mass is 10.0. The lowest BCUT2D eigenvalue weighted by Gasteiger charge is -2.33. The molecule has 138 valence electrons. The van der Waals surface area contributed by atoms with E-state index < -0.39 is 17.3 Å². The fourth-order valence-electron chi connectivity index (χ4n) is 3.59. The molecule has 0 bridgehead atoms. The van der Waals surface area contributed by atoms with Crippen LogP contribution in [-0.2, 0) is 4.79 Å². The number of thioether (sulfide) groups is 1. The van der Waals surface area contributed by atoms with Crippen LogP contribution in [0.2, 0.25) is 0 Å². The van der Waals surface area contributed by atoms with Crippen LogP contribution < -0.4 is 10.2 Å². The standard InChI is InChI=1S/C20H14N4O3S/c25-19(26)17-16-15-14(7-9-22-18(15)28-17)24(20(27)23-16)12-6-8-21-13(10-12)11-4-2-1-3-5-11/h1-10,16-17H,(H,23,27)(H,25,26). The van der Waals surface area contributed by atoms with E-state index in [0.717, 1.165) is 16.8 Å². The van der Waals surface area contributed by atoms with Crippen molar-refractivity contribution in [1.29, 1.82) is 0 Å². The number of hydrogen-bond donors (Lipinski definition) is 2. The Kier molecular flexibility index (Phi) is 3.80. The summed E-state index contributed by atoms with van der Waals surface area (Å²) in [5.74, 6) is -0.969. The fraction of sp³-hybridized carbons (Fsp3) is 0.100. The number of aliphatic carboxylic acids is 1. The molecule has 8 heteroatoms. The van der Waals surface area contributed by atoms with Crippen LogP contribution in [0.4, 0.5) is 16.2 Å². The van der Waals surface area contributed by atoms with E-state index in [0.29, 0.717) is 16.4 Å². The van der Waals surface area contributed by atoms with Gasteiger partial charge in [-0.1, -0.05) is 42.1 Å². The Morgan fingerprint density at radius 3 is 2.68 bits per heavy atom. The van der Waals surface area contributed by atoms with Crippen molar-refractivity contribution in [2.24, 2.45) is 0 Å². The van der Waals surface area contributed by atoms with Gasteiger partial charge >= 0.3 is 12.0 Å². The molecule has 2 aliphatic rings. The summed E-state index contributed by atoms with van der Waals surface area (Å²) in [5, 5.41) is 12.2. The fourth-order valence-corrected chi connectivity index (χ4v) is 4.76. The first-order chi connectivity index (χ1) is 13.6. The van der Waals surface area contributed by atoms with Crippen LogP contribution >= 0.6 is 11.8 Å². The Labute approximate surface area is 164 Å². The summed E-state index contributed by atoms with van der Waals surface area (Å²) >= 11 is 1.17.